The number of carbonyl (C=O) groups excluding carboxylic acids is 1. The molecule has 0 unspecified atom stereocenters. The first-order valence-corrected chi connectivity index (χ1v) is 5.83. The first-order valence-electron chi connectivity index (χ1n) is 5.83. The van der Waals surface area contributed by atoms with E-state index in [1.165, 1.54) is 25.4 Å². The SMILES string of the molecule is COCCN(Cc1ccccn1)C(=O)C(F)(F)C(F)(F)F. The number of rotatable bonds is 6. The molecule has 0 bridgehead atoms. The number of pyridine rings is 1. The lowest BCUT2D eigenvalue weighted by molar-refractivity contribution is -0.274. The van der Waals surface area contributed by atoms with Crippen LogP contribution in [0.4, 0.5) is 22.0 Å². The Labute approximate surface area is 117 Å². The van der Waals surface area contributed by atoms with Gasteiger partial charge in [0.1, 0.15) is 0 Å². The lowest BCUT2D eigenvalue weighted by Gasteiger charge is -2.27. The molecule has 0 spiro atoms. The van der Waals surface area contributed by atoms with E-state index in [9.17, 15) is 26.7 Å². The Hall–Kier alpha value is -1.77. The standard InChI is InChI=1S/C12H13F5N2O2/c1-21-7-6-19(8-9-4-2-3-5-18-9)10(20)11(13,14)12(15,16)17/h2-5H,6-8H2,1H3. The summed E-state index contributed by atoms with van der Waals surface area (Å²) in [6.07, 6.45) is -4.60. The second-order valence-electron chi connectivity index (χ2n) is 4.11. The van der Waals surface area contributed by atoms with Crippen molar-refractivity contribution in [1.82, 2.24) is 9.88 Å². The van der Waals surface area contributed by atoms with E-state index < -0.39 is 31.1 Å². The molecule has 4 nitrogen and oxygen atoms in total. The van der Waals surface area contributed by atoms with Crippen LogP contribution in [0.2, 0.25) is 0 Å². The number of halogens is 5. The summed E-state index contributed by atoms with van der Waals surface area (Å²) in [5.41, 5.74) is 0.194. The minimum atomic E-state index is -5.94. The molecule has 0 N–H and O–H groups in total. The maximum Gasteiger partial charge on any atom is 0.463 e. The van der Waals surface area contributed by atoms with Crippen molar-refractivity contribution >= 4 is 5.91 Å². The van der Waals surface area contributed by atoms with E-state index in [0.717, 1.165) is 0 Å². The smallest absolute Gasteiger partial charge is 0.383 e. The summed E-state index contributed by atoms with van der Waals surface area (Å²) in [5.74, 6) is -7.77. The normalized spacial score (nSPS) is 12.3. The third-order valence-electron chi connectivity index (χ3n) is 2.56. The summed E-state index contributed by atoms with van der Waals surface area (Å²) in [6.45, 7) is -1.04. The number of nitrogens with zero attached hydrogens (tertiary/aromatic N) is 2. The average Bonchev–Trinajstić information content (AvgIpc) is 2.42. The first kappa shape index (κ1) is 17.3. The van der Waals surface area contributed by atoms with Crippen molar-refractivity contribution in [3.8, 4) is 0 Å². The molecule has 0 saturated heterocycles. The van der Waals surface area contributed by atoms with Crippen LogP contribution in [0, 0.1) is 0 Å². The zero-order chi connectivity index (χ0) is 16.1. The molecule has 9 heteroatoms. The largest absolute Gasteiger partial charge is 0.463 e. The van der Waals surface area contributed by atoms with Gasteiger partial charge in [-0.25, -0.2) is 0 Å². The maximum absolute atomic E-state index is 13.1. The highest BCUT2D eigenvalue weighted by Crippen LogP contribution is 2.37. The summed E-state index contributed by atoms with van der Waals surface area (Å²) >= 11 is 0. The summed E-state index contributed by atoms with van der Waals surface area (Å²) in [6, 6.07) is 4.50. The van der Waals surface area contributed by atoms with E-state index in [1.54, 1.807) is 6.07 Å². The number of ether oxygens (including phenoxy) is 1. The van der Waals surface area contributed by atoms with Gasteiger partial charge in [-0.3, -0.25) is 9.78 Å². The molecule has 1 aromatic rings. The third kappa shape index (κ3) is 4.35. The van der Waals surface area contributed by atoms with E-state index in [2.05, 4.69) is 9.72 Å². The van der Waals surface area contributed by atoms with E-state index in [4.69, 9.17) is 0 Å². The number of aromatic nitrogens is 1. The fraction of sp³-hybridized carbons (Fsp3) is 0.500. The highest BCUT2D eigenvalue weighted by molar-refractivity contribution is 5.84. The molecule has 118 valence electrons. The quantitative estimate of drug-likeness (QED) is 0.757. The minimum Gasteiger partial charge on any atom is -0.383 e. The zero-order valence-corrected chi connectivity index (χ0v) is 11.0. The van der Waals surface area contributed by atoms with Gasteiger partial charge < -0.3 is 9.64 Å². The van der Waals surface area contributed by atoms with Crippen molar-refractivity contribution in [3.05, 3.63) is 30.1 Å². The van der Waals surface area contributed by atoms with Crippen molar-refractivity contribution in [1.29, 1.82) is 0 Å². The van der Waals surface area contributed by atoms with E-state index >= 15 is 0 Å². The predicted molar refractivity (Wildman–Crippen MR) is 62.5 cm³/mol. The lowest BCUT2D eigenvalue weighted by atomic mass is 10.2. The van der Waals surface area contributed by atoms with Crippen molar-refractivity contribution in [3.63, 3.8) is 0 Å². The van der Waals surface area contributed by atoms with Crippen LogP contribution in [0.15, 0.2) is 24.4 Å². The van der Waals surface area contributed by atoms with Gasteiger partial charge >= 0.3 is 18.0 Å². The molecule has 0 fully saturated rings. The Kier molecular flexibility index (Phi) is 5.59. The van der Waals surface area contributed by atoms with Gasteiger partial charge in [0.15, 0.2) is 0 Å². The number of carbonyl (C=O) groups is 1. The van der Waals surface area contributed by atoms with Gasteiger partial charge in [-0.05, 0) is 12.1 Å². The molecule has 1 rings (SSSR count). The third-order valence-corrected chi connectivity index (χ3v) is 2.56. The van der Waals surface area contributed by atoms with Gasteiger partial charge in [0.05, 0.1) is 18.8 Å². The Morgan fingerprint density at radius 2 is 1.95 bits per heavy atom. The molecule has 21 heavy (non-hydrogen) atoms. The van der Waals surface area contributed by atoms with Crippen LogP contribution in [0.1, 0.15) is 5.69 Å². The maximum atomic E-state index is 13.1. The first-order chi connectivity index (χ1) is 9.70. The number of alkyl halides is 5. The van der Waals surface area contributed by atoms with E-state index in [-0.39, 0.29) is 12.3 Å². The summed E-state index contributed by atoms with van der Waals surface area (Å²) in [5, 5.41) is 0. The van der Waals surface area contributed by atoms with Gasteiger partial charge in [0, 0.05) is 19.9 Å². The molecule has 0 radical (unpaired) electrons. The molecule has 0 aromatic carbocycles. The highest BCUT2D eigenvalue weighted by Gasteiger charge is 2.64. The zero-order valence-electron chi connectivity index (χ0n) is 11.0. The van der Waals surface area contributed by atoms with Gasteiger partial charge in [0.25, 0.3) is 0 Å². The highest BCUT2D eigenvalue weighted by atomic mass is 19.4. The van der Waals surface area contributed by atoms with Crippen molar-refractivity contribution in [2.75, 3.05) is 20.3 Å². The van der Waals surface area contributed by atoms with Gasteiger partial charge in [0.2, 0.25) is 0 Å². The average molecular weight is 312 g/mol. The molecule has 1 amide bonds. The van der Waals surface area contributed by atoms with Crippen molar-refractivity contribution in [2.45, 2.75) is 18.6 Å². The second-order valence-corrected chi connectivity index (χ2v) is 4.11. The Morgan fingerprint density at radius 3 is 2.43 bits per heavy atom. The van der Waals surface area contributed by atoms with E-state index in [0.29, 0.717) is 4.90 Å². The Balaban J connectivity index is 2.94. The van der Waals surface area contributed by atoms with Crippen LogP contribution in [0.25, 0.3) is 0 Å². The van der Waals surface area contributed by atoms with Gasteiger partial charge in [-0.2, -0.15) is 22.0 Å². The Morgan fingerprint density at radius 1 is 1.29 bits per heavy atom. The van der Waals surface area contributed by atoms with Crippen LogP contribution >= 0.6 is 0 Å². The molecule has 1 heterocycles. The molecule has 1 aromatic heterocycles. The van der Waals surface area contributed by atoms with Crippen LogP contribution in [0.3, 0.4) is 0 Å². The van der Waals surface area contributed by atoms with Gasteiger partial charge in [-0.15, -0.1) is 0 Å². The molecule has 0 aliphatic rings. The summed E-state index contributed by atoms with van der Waals surface area (Å²) in [4.78, 5) is 15.7. The summed E-state index contributed by atoms with van der Waals surface area (Å²) < 4.78 is 67.7. The molecule has 0 aliphatic carbocycles. The predicted octanol–water partition coefficient (Wildman–Crippen LogP) is 2.25. The molecule has 0 aliphatic heterocycles. The topological polar surface area (TPSA) is 42.4 Å². The number of methoxy groups -OCH3 is 1. The Bertz CT molecular complexity index is 464. The second kappa shape index (κ2) is 6.79. The monoisotopic (exact) mass is 312 g/mol. The van der Waals surface area contributed by atoms with Gasteiger partial charge in [-0.1, -0.05) is 6.07 Å². The fourth-order valence-electron chi connectivity index (χ4n) is 1.46. The minimum absolute atomic E-state index is 0.174. The fourth-order valence-corrected chi connectivity index (χ4v) is 1.46. The number of amides is 1. The number of hydrogen-bond donors (Lipinski definition) is 0. The molecular formula is C12H13F5N2O2. The summed E-state index contributed by atoms with van der Waals surface area (Å²) in [7, 11) is 1.24. The molecule has 0 saturated carbocycles. The van der Waals surface area contributed by atoms with Crippen LogP contribution in [-0.2, 0) is 16.1 Å². The van der Waals surface area contributed by atoms with Crippen LogP contribution in [-0.4, -0.2) is 48.2 Å². The van der Waals surface area contributed by atoms with Crippen LogP contribution in [0.5, 0.6) is 0 Å². The molecule has 0 atom stereocenters. The van der Waals surface area contributed by atoms with Crippen molar-refractivity contribution < 1.29 is 31.5 Å². The van der Waals surface area contributed by atoms with Crippen LogP contribution < -0.4 is 0 Å². The number of hydrogen-bond acceptors (Lipinski definition) is 3. The lowest BCUT2D eigenvalue weighted by Crippen LogP contribution is -2.52. The van der Waals surface area contributed by atoms with E-state index in [1.807, 2.05) is 0 Å². The van der Waals surface area contributed by atoms with Crippen molar-refractivity contribution in [2.24, 2.45) is 0 Å². The molecular weight excluding hydrogens is 299 g/mol.